The summed E-state index contributed by atoms with van der Waals surface area (Å²) in [5.41, 5.74) is 0. The molecular formula is C3H8BNO4. The number of carbonyl (C=O) groups excluding carboxylic acids is 1. The molecule has 0 saturated heterocycles. The second-order valence-corrected chi connectivity index (χ2v) is 1.60. The minimum atomic E-state index is -2.03. The molecule has 0 heterocycles. The maximum absolute atomic E-state index is 10.3. The van der Waals surface area contributed by atoms with Crippen LogP contribution in [-0.2, 0) is 4.65 Å². The molecule has 0 aliphatic carbocycles. The lowest BCUT2D eigenvalue weighted by atomic mass is 10.3. The standard InChI is InChI=1S/C3H8BNO4/c1-5(2)3(6)9-4(7)8/h7-8H,1-2H3. The van der Waals surface area contributed by atoms with Gasteiger partial charge in [0.05, 0.1) is 0 Å². The third-order valence-electron chi connectivity index (χ3n) is 0.571. The number of hydrogen-bond donors (Lipinski definition) is 2. The number of hydrogen-bond acceptors (Lipinski definition) is 4. The Labute approximate surface area is 53.0 Å². The lowest BCUT2D eigenvalue weighted by Gasteiger charge is -2.09. The highest BCUT2D eigenvalue weighted by molar-refractivity contribution is 6.35. The molecule has 0 radical (unpaired) electrons. The Kier molecular flexibility index (Phi) is 3.04. The fourth-order valence-corrected chi connectivity index (χ4v) is 0.196. The van der Waals surface area contributed by atoms with Gasteiger partial charge in [-0.25, -0.2) is 4.79 Å². The summed E-state index contributed by atoms with van der Waals surface area (Å²) in [5, 5.41) is 16.1. The van der Waals surface area contributed by atoms with Gasteiger partial charge in [-0.05, 0) is 0 Å². The van der Waals surface area contributed by atoms with Gasteiger partial charge in [0, 0.05) is 14.1 Å². The van der Waals surface area contributed by atoms with Crippen molar-refractivity contribution in [1.82, 2.24) is 4.90 Å². The maximum atomic E-state index is 10.3. The number of amides is 1. The zero-order valence-corrected chi connectivity index (χ0v) is 5.24. The van der Waals surface area contributed by atoms with Gasteiger partial charge < -0.3 is 19.6 Å². The van der Waals surface area contributed by atoms with E-state index in [0.717, 1.165) is 4.90 Å². The van der Waals surface area contributed by atoms with E-state index >= 15 is 0 Å². The predicted octanol–water partition coefficient (Wildman–Crippen LogP) is -1.35. The van der Waals surface area contributed by atoms with E-state index in [1.54, 1.807) is 0 Å². The highest BCUT2D eigenvalue weighted by Crippen LogP contribution is 1.84. The van der Waals surface area contributed by atoms with Crippen LogP contribution in [0.1, 0.15) is 0 Å². The molecule has 0 aromatic rings. The van der Waals surface area contributed by atoms with Crippen LogP contribution in [0.5, 0.6) is 0 Å². The molecule has 0 aromatic carbocycles. The second-order valence-electron chi connectivity index (χ2n) is 1.60. The Hall–Kier alpha value is -0.745. The van der Waals surface area contributed by atoms with Gasteiger partial charge in [-0.2, -0.15) is 0 Å². The van der Waals surface area contributed by atoms with Crippen molar-refractivity contribution in [3.63, 3.8) is 0 Å². The van der Waals surface area contributed by atoms with E-state index in [-0.39, 0.29) is 0 Å². The molecule has 52 valence electrons. The summed E-state index contributed by atoms with van der Waals surface area (Å²) in [4.78, 5) is 11.4. The van der Waals surface area contributed by atoms with Crippen LogP contribution < -0.4 is 0 Å². The highest BCUT2D eigenvalue weighted by Gasteiger charge is 2.16. The average molecular weight is 133 g/mol. The molecule has 0 aliphatic rings. The van der Waals surface area contributed by atoms with Crippen molar-refractivity contribution in [3.05, 3.63) is 0 Å². The zero-order valence-electron chi connectivity index (χ0n) is 5.24. The first-order valence-corrected chi connectivity index (χ1v) is 2.28. The third kappa shape index (κ3) is 3.81. The molecule has 5 nitrogen and oxygen atoms in total. The summed E-state index contributed by atoms with van der Waals surface area (Å²) in [7, 11) is 0.843. The van der Waals surface area contributed by atoms with Gasteiger partial charge in [-0.15, -0.1) is 0 Å². The minimum Gasteiger partial charge on any atom is -0.468 e. The van der Waals surface area contributed by atoms with Gasteiger partial charge in [0.2, 0.25) is 0 Å². The molecule has 2 N–H and O–H groups in total. The summed E-state index contributed by atoms with van der Waals surface area (Å²) >= 11 is 0. The van der Waals surface area contributed by atoms with Crippen LogP contribution in [0.3, 0.4) is 0 Å². The second kappa shape index (κ2) is 3.31. The monoisotopic (exact) mass is 133 g/mol. The first-order valence-electron chi connectivity index (χ1n) is 2.28. The fourth-order valence-electron chi connectivity index (χ4n) is 0.196. The van der Waals surface area contributed by atoms with Crippen LogP contribution in [0, 0.1) is 0 Å². The molecular weight excluding hydrogens is 125 g/mol. The number of nitrogens with zero attached hydrogens (tertiary/aromatic N) is 1. The van der Waals surface area contributed by atoms with Gasteiger partial charge in [0.1, 0.15) is 0 Å². The zero-order chi connectivity index (χ0) is 7.44. The van der Waals surface area contributed by atoms with Crippen LogP contribution >= 0.6 is 0 Å². The first kappa shape index (κ1) is 8.25. The van der Waals surface area contributed by atoms with Crippen molar-refractivity contribution in [2.24, 2.45) is 0 Å². The highest BCUT2D eigenvalue weighted by atomic mass is 16.7. The largest absolute Gasteiger partial charge is 0.710 e. The van der Waals surface area contributed by atoms with Crippen LogP contribution in [0.15, 0.2) is 0 Å². The van der Waals surface area contributed by atoms with Gasteiger partial charge >= 0.3 is 13.4 Å². The van der Waals surface area contributed by atoms with Crippen molar-refractivity contribution in [2.45, 2.75) is 0 Å². The molecule has 0 atom stereocenters. The predicted molar refractivity (Wildman–Crippen MR) is 30.4 cm³/mol. The van der Waals surface area contributed by atoms with Gasteiger partial charge in [-0.1, -0.05) is 0 Å². The van der Waals surface area contributed by atoms with E-state index in [9.17, 15) is 4.79 Å². The lowest BCUT2D eigenvalue weighted by molar-refractivity contribution is 0.144. The van der Waals surface area contributed by atoms with E-state index in [2.05, 4.69) is 4.65 Å². The fraction of sp³-hybridized carbons (Fsp3) is 0.667. The van der Waals surface area contributed by atoms with Crippen molar-refractivity contribution >= 4 is 13.4 Å². The molecule has 6 heteroatoms. The molecule has 0 bridgehead atoms. The normalized spacial score (nSPS) is 8.44. The Morgan fingerprint density at radius 3 is 2.11 bits per heavy atom. The topological polar surface area (TPSA) is 70.0 Å². The van der Waals surface area contributed by atoms with Crippen LogP contribution in [0.25, 0.3) is 0 Å². The summed E-state index contributed by atoms with van der Waals surface area (Å²) in [5.74, 6) is 0. The minimum absolute atomic E-state index is 0.787. The Balaban J connectivity index is 3.51. The quantitative estimate of drug-likeness (QED) is 0.434. The Morgan fingerprint density at radius 1 is 1.56 bits per heavy atom. The Morgan fingerprint density at radius 2 is 2.00 bits per heavy atom. The molecule has 0 aromatic heterocycles. The molecule has 1 amide bonds. The molecule has 0 fully saturated rings. The van der Waals surface area contributed by atoms with Gasteiger partial charge in [-0.3, -0.25) is 0 Å². The van der Waals surface area contributed by atoms with Crippen LogP contribution in [0.2, 0.25) is 0 Å². The molecule has 0 aliphatic heterocycles. The van der Waals surface area contributed by atoms with Crippen molar-refractivity contribution in [2.75, 3.05) is 14.1 Å². The van der Waals surface area contributed by atoms with Crippen LogP contribution in [-0.4, -0.2) is 42.5 Å². The van der Waals surface area contributed by atoms with E-state index in [1.165, 1.54) is 14.1 Å². The molecule has 9 heavy (non-hydrogen) atoms. The van der Waals surface area contributed by atoms with Crippen molar-refractivity contribution in [1.29, 1.82) is 0 Å². The molecule has 0 spiro atoms. The van der Waals surface area contributed by atoms with E-state index in [1.807, 2.05) is 0 Å². The van der Waals surface area contributed by atoms with E-state index < -0.39 is 13.4 Å². The number of rotatable bonds is 1. The van der Waals surface area contributed by atoms with Crippen molar-refractivity contribution in [3.8, 4) is 0 Å². The molecule has 0 rings (SSSR count). The summed E-state index contributed by atoms with van der Waals surface area (Å²) < 4.78 is 3.91. The van der Waals surface area contributed by atoms with Gasteiger partial charge in [0.25, 0.3) is 0 Å². The molecule has 0 unspecified atom stereocenters. The first-order chi connectivity index (χ1) is 4.04. The van der Waals surface area contributed by atoms with E-state index in [4.69, 9.17) is 10.0 Å². The average Bonchev–Trinajstić information content (AvgIpc) is 1.63. The number of carbonyl (C=O) groups is 1. The summed E-state index contributed by atoms with van der Waals surface area (Å²) in [6.45, 7) is 0. The summed E-state index contributed by atoms with van der Waals surface area (Å²) in [6, 6.07) is 0. The SMILES string of the molecule is CN(C)C(=O)OB(O)O. The lowest BCUT2D eigenvalue weighted by Crippen LogP contribution is -2.30. The van der Waals surface area contributed by atoms with Gasteiger partial charge in [0.15, 0.2) is 0 Å². The summed E-state index contributed by atoms with van der Waals surface area (Å²) in [6.07, 6.45) is -0.787. The molecule has 0 saturated carbocycles. The third-order valence-corrected chi connectivity index (χ3v) is 0.571. The van der Waals surface area contributed by atoms with E-state index in [0.29, 0.717) is 0 Å². The smallest absolute Gasteiger partial charge is 0.468 e. The van der Waals surface area contributed by atoms with Crippen molar-refractivity contribution < 1.29 is 19.5 Å². The maximum Gasteiger partial charge on any atom is 0.710 e. The van der Waals surface area contributed by atoms with Crippen LogP contribution in [0.4, 0.5) is 4.79 Å². The Bertz CT molecular complexity index is 104.